The smallest absolute Gasteiger partial charge is 0.109 e. The van der Waals surface area contributed by atoms with Gasteiger partial charge in [0.15, 0.2) is 0 Å². The zero-order valence-electron chi connectivity index (χ0n) is 7.68. The Morgan fingerprint density at radius 2 is 2.08 bits per heavy atom. The fourth-order valence-corrected chi connectivity index (χ4v) is 5.59. The average Bonchev–Trinajstić information content (AvgIpc) is 2.65. The van der Waals surface area contributed by atoms with Crippen LogP contribution in [-0.4, -0.2) is 23.6 Å². The van der Waals surface area contributed by atoms with Gasteiger partial charge in [0.1, 0.15) is 10.9 Å². The lowest BCUT2D eigenvalue weighted by molar-refractivity contribution is 0.0630. The minimum atomic E-state index is 0.464. The monoisotopic (exact) mass is 198 g/mol. The number of fused-ring (bicyclic) bond motifs is 1. The molecule has 3 heterocycles. The molecule has 3 saturated heterocycles. The first-order valence-corrected chi connectivity index (χ1v) is 6.21. The van der Waals surface area contributed by atoms with Crippen LogP contribution in [-0.2, 0) is 9.47 Å². The summed E-state index contributed by atoms with van der Waals surface area (Å²) in [5.74, 6) is 3.36. The third-order valence-corrected chi connectivity index (χ3v) is 5.88. The van der Waals surface area contributed by atoms with Crippen molar-refractivity contribution >= 4 is 11.8 Å². The van der Waals surface area contributed by atoms with Crippen LogP contribution in [0.3, 0.4) is 0 Å². The molecule has 3 heteroatoms. The highest BCUT2D eigenvalue weighted by atomic mass is 32.2. The number of ether oxygens (including phenoxy) is 2. The summed E-state index contributed by atoms with van der Waals surface area (Å²) in [4.78, 5) is 0. The molecule has 0 unspecified atom stereocenters. The van der Waals surface area contributed by atoms with Crippen molar-refractivity contribution in [2.75, 3.05) is 6.61 Å². The Bertz CT molecular complexity index is 257. The van der Waals surface area contributed by atoms with Gasteiger partial charge in [-0.25, -0.2) is 0 Å². The predicted octanol–water partition coefficient (Wildman–Crippen LogP) is 1.70. The molecule has 0 amide bonds. The summed E-state index contributed by atoms with van der Waals surface area (Å²) in [7, 11) is 0. The molecule has 0 aromatic carbocycles. The summed E-state index contributed by atoms with van der Waals surface area (Å²) in [6.45, 7) is 3.25. The predicted molar refractivity (Wildman–Crippen MR) is 50.2 cm³/mol. The summed E-state index contributed by atoms with van der Waals surface area (Å²) in [5.41, 5.74) is 0.940. The molecule has 4 aliphatic rings. The summed E-state index contributed by atoms with van der Waals surface area (Å²) >= 11 is 1.95. The van der Waals surface area contributed by atoms with E-state index in [1.165, 1.54) is 6.42 Å². The number of rotatable bonds is 0. The van der Waals surface area contributed by atoms with Crippen molar-refractivity contribution in [1.82, 2.24) is 0 Å². The molecule has 2 bridgehead atoms. The molecule has 2 nitrogen and oxygen atoms in total. The van der Waals surface area contributed by atoms with Gasteiger partial charge in [-0.2, -0.15) is 0 Å². The Kier molecular flexibility index (Phi) is 1.31. The molecule has 4 fully saturated rings. The molecule has 0 aromatic heterocycles. The Morgan fingerprint density at radius 1 is 1.15 bits per heavy atom. The molecule has 0 aromatic rings. The van der Waals surface area contributed by atoms with Crippen molar-refractivity contribution in [2.24, 2.45) is 23.7 Å². The highest BCUT2D eigenvalue weighted by Gasteiger charge is 2.62. The van der Waals surface area contributed by atoms with E-state index in [1.807, 2.05) is 11.8 Å². The Balaban J connectivity index is 1.82. The van der Waals surface area contributed by atoms with Crippen molar-refractivity contribution < 1.29 is 9.47 Å². The molecular weight excluding hydrogens is 184 g/mol. The van der Waals surface area contributed by atoms with Gasteiger partial charge in [-0.15, -0.1) is 0 Å². The van der Waals surface area contributed by atoms with Crippen molar-refractivity contribution in [3.63, 3.8) is 0 Å². The van der Waals surface area contributed by atoms with Crippen LogP contribution < -0.4 is 0 Å². The lowest BCUT2D eigenvalue weighted by Crippen LogP contribution is -2.27. The summed E-state index contributed by atoms with van der Waals surface area (Å²) in [6, 6.07) is 0. The van der Waals surface area contributed by atoms with Gasteiger partial charge in [0.2, 0.25) is 0 Å². The first-order chi connectivity index (χ1) is 6.34. The van der Waals surface area contributed by atoms with E-state index in [4.69, 9.17) is 9.47 Å². The van der Waals surface area contributed by atoms with Gasteiger partial charge in [-0.05, 0) is 25.2 Å². The van der Waals surface area contributed by atoms with E-state index >= 15 is 0 Å². The highest BCUT2D eigenvalue weighted by Crippen LogP contribution is 2.63. The first-order valence-electron chi connectivity index (χ1n) is 5.27. The normalized spacial score (nSPS) is 67.6. The van der Waals surface area contributed by atoms with E-state index in [1.54, 1.807) is 0 Å². The summed E-state index contributed by atoms with van der Waals surface area (Å²) in [6.07, 6.45) is 1.86. The van der Waals surface area contributed by atoms with Crippen LogP contribution in [0, 0.1) is 23.7 Å². The third-order valence-electron chi connectivity index (χ3n) is 4.39. The second kappa shape index (κ2) is 2.26. The van der Waals surface area contributed by atoms with Crippen LogP contribution in [0.2, 0.25) is 0 Å². The molecule has 13 heavy (non-hydrogen) atoms. The third kappa shape index (κ3) is 0.760. The zero-order chi connectivity index (χ0) is 8.58. The minimum absolute atomic E-state index is 0.464. The van der Waals surface area contributed by atoms with E-state index in [9.17, 15) is 0 Å². The van der Waals surface area contributed by atoms with Crippen LogP contribution in [0.4, 0.5) is 0 Å². The van der Waals surface area contributed by atoms with Crippen LogP contribution in [0.1, 0.15) is 13.3 Å². The fraction of sp³-hybridized carbons (Fsp3) is 1.00. The maximum absolute atomic E-state index is 5.98. The molecule has 0 radical (unpaired) electrons. The highest BCUT2D eigenvalue weighted by molar-refractivity contribution is 8.00. The van der Waals surface area contributed by atoms with Gasteiger partial charge >= 0.3 is 0 Å². The van der Waals surface area contributed by atoms with E-state index in [0.29, 0.717) is 17.0 Å². The number of hydrogen-bond donors (Lipinski definition) is 0. The molecule has 1 saturated carbocycles. The second-order valence-electron chi connectivity index (χ2n) is 4.85. The van der Waals surface area contributed by atoms with Crippen molar-refractivity contribution in [3.8, 4) is 0 Å². The fourth-order valence-electron chi connectivity index (χ4n) is 3.92. The van der Waals surface area contributed by atoms with Gasteiger partial charge in [0, 0.05) is 11.8 Å². The maximum Gasteiger partial charge on any atom is 0.109 e. The Labute approximate surface area is 82.4 Å². The first kappa shape index (κ1) is 7.55. The van der Waals surface area contributed by atoms with Gasteiger partial charge in [-0.3, -0.25) is 0 Å². The van der Waals surface area contributed by atoms with Crippen LogP contribution in [0.25, 0.3) is 0 Å². The topological polar surface area (TPSA) is 18.5 Å². The lowest BCUT2D eigenvalue weighted by atomic mass is 9.87. The molecule has 72 valence electrons. The molecular formula is C10H14O2S. The average molecular weight is 198 g/mol. The lowest BCUT2D eigenvalue weighted by Gasteiger charge is -2.29. The van der Waals surface area contributed by atoms with Gasteiger partial charge in [0.05, 0.1) is 12.7 Å². The number of hydrogen-bond acceptors (Lipinski definition) is 3. The Hall–Kier alpha value is 0.270. The van der Waals surface area contributed by atoms with E-state index in [0.717, 1.165) is 30.3 Å². The van der Waals surface area contributed by atoms with Gasteiger partial charge < -0.3 is 9.47 Å². The SMILES string of the molecule is C[C@H]1O[C@@H]2S[C@@H]3OC[C@H]4[C@@H]3C[C@@H]2[C@H]41. The standard InChI is InChI=1S/C10H14O2S/c1-4-8-6-2-5-7(8)3-11-9(5)13-10(6)12-4/h4-10H,2-3H2,1H3/t4-,5+,6-,7+,8-,9+,10-/m1/s1. The summed E-state index contributed by atoms with van der Waals surface area (Å²) < 4.78 is 11.8. The van der Waals surface area contributed by atoms with Crippen molar-refractivity contribution in [1.29, 1.82) is 0 Å². The molecule has 7 atom stereocenters. The Morgan fingerprint density at radius 3 is 3.00 bits per heavy atom. The van der Waals surface area contributed by atoms with Crippen LogP contribution in [0.15, 0.2) is 0 Å². The maximum atomic E-state index is 5.98. The van der Waals surface area contributed by atoms with Gasteiger partial charge in [-0.1, -0.05) is 11.8 Å². The van der Waals surface area contributed by atoms with E-state index in [2.05, 4.69) is 6.92 Å². The molecule has 0 spiro atoms. The largest absolute Gasteiger partial charge is 0.367 e. The van der Waals surface area contributed by atoms with Crippen molar-refractivity contribution in [3.05, 3.63) is 0 Å². The summed E-state index contributed by atoms with van der Waals surface area (Å²) in [5, 5.41) is 0. The second-order valence-corrected chi connectivity index (χ2v) is 6.05. The van der Waals surface area contributed by atoms with Crippen molar-refractivity contribution in [2.45, 2.75) is 30.3 Å². The quantitative estimate of drug-likeness (QED) is 0.590. The number of thioether (sulfide) groups is 1. The zero-order valence-corrected chi connectivity index (χ0v) is 8.50. The van der Waals surface area contributed by atoms with E-state index in [-0.39, 0.29) is 0 Å². The molecule has 1 aliphatic carbocycles. The molecule has 4 rings (SSSR count). The van der Waals surface area contributed by atoms with Crippen LogP contribution in [0.5, 0.6) is 0 Å². The molecule has 3 aliphatic heterocycles. The minimum Gasteiger partial charge on any atom is -0.367 e. The van der Waals surface area contributed by atoms with Gasteiger partial charge in [0.25, 0.3) is 0 Å². The van der Waals surface area contributed by atoms with E-state index < -0.39 is 0 Å². The molecule has 0 N–H and O–H groups in total. The van der Waals surface area contributed by atoms with Crippen LogP contribution >= 0.6 is 11.8 Å².